The number of aromatic nitrogens is 4. The molecule has 9 nitrogen and oxygen atoms in total. The molecule has 0 radical (unpaired) electrons. The normalized spacial score (nSPS) is 11.4. The van der Waals surface area contributed by atoms with Gasteiger partial charge in [0.25, 0.3) is 5.91 Å². The minimum atomic E-state index is -0.451. The van der Waals surface area contributed by atoms with Gasteiger partial charge in [0.1, 0.15) is 11.4 Å². The second-order valence-corrected chi connectivity index (χ2v) is 9.37. The fourth-order valence-corrected chi connectivity index (χ4v) is 4.06. The van der Waals surface area contributed by atoms with E-state index in [2.05, 4.69) is 41.5 Å². The average molecular weight is 481 g/mol. The lowest BCUT2D eigenvalue weighted by atomic mass is 10.2. The minimum Gasteiger partial charge on any atom is -0.451 e. The second kappa shape index (κ2) is 10.7. The van der Waals surface area contributed by atoms with E-state index >= 15 is 0 Å². The molecule has 10 heteroatoms. The Morgan fingerprint density at radius 1 is 1.21 bits per heavy atom. The van der Waals surface area contributed by atoms with E-state index in [1.165, 1.54) is 6.07 Å². The van der Waals surface area contributed by atoms with Crippen LogP contribution < -0.4 is 16.1 Å². The van der Waals surface area contributed by atoms with Gasteiger partial charge in [-0.25, -0.2) is 14.6 Å². The summed E-state index contributed by atoms with van der Waals surface area (Å²) in [4.78, 5) is 34.2. The summed E-state index contributed by atoms with van der Waals surface area (Å²) >= 11 is 1.61. The van der Waals surface area contributed by atoms with Crippen molar-refractivity contribution in [3.8, 4) is 0 Å². The van der Waals surface area contributed by atoms with Crippen LogP contribution in [-0.2, 0) is 6.54 Å². The van der Waals surface area contributed by atoms with Gasteiger partial charge < -0.3 is 15.1 Å². The van der Waals surface area contributed by atoms with Gasteiger partial charge in [0.15, 0.2) is 22.0 Å². The van der Waals surface area contributed by atoms with E-state index in [1.54, 1.807) is 46.9 Å². The molecule has 0 saturated heterocycles. The number of benzene rings is 1. The van der Waals surface area contributed by atoms with Crippen molar-refractivity contribution < 1.29 is 9.21 Å². The smallest absolute Gasteiger partial charge is 0.287 e. The topological polar surface area (TPSA) is 115 Å². The number of amides is 1. The molecule has 0 bridgehead atoms. The quantitative estimate of drug-likeness (QED) is 0.259. The molecule has 0 unspecified atom stereocenters. The Morgan fingerprint density at radius 3 is 2.82 bits per heavy atom. The van der Waals surface area contributed by atoms with Crippen molar-refractivity contribution in [2.45, 2.75) is 38.9 Å². The molecule has 0 fully saturated rings. The third kappa shape index (κ3) is 5.39. The largest absolute Gasteiger partial charge is 0.451 e. The Kier molecular flexibility index (Phi) is 7.46. The standard InChI is InChI=1S/C24H28N6O3S/c1-4-11-34-24-28-21(26-13-15(2)3)17-14-27-30(22(17)29-24)10-9-25-23(32)20-12-18(31)16-7-5-6-8-19(16)33-20/h5-8,12,14-15H,4,9-11,13H2,1-3H3,(H,25,32)(H,26,28,29). The lowest BCUT2D eigenvalue weighted by molar-refractivity contribution is 0.0925. The maximum Gasteiger partial charge on any atom is 0.287 e. The number of nitrogens with zero attached hydrogens (tertiary/aromatic N) is 4. The molecule has 34 heavy (non-hydrogen) atoms. The van der Waals surface area contributed by atoms with Gasteiger partial charge in [-0.1, -0.05) is 44.7 Å². The van der Waals surface area contributed by atoms with Crippen molar-refractivity contribution in [3.05, 3.63) is 52.5 Å². The van der Waals surface area contributed by atoms with Gasteiger partial charge >= 0.3 is 0 Å². The van der Waals surface area contributed by atoms with Crippen LogP contribution in [0.3, 0.4) is 0 Å². The number of hydrogen-bond donors (Lipinski definition) is 2. The number of anilines is 1. The Balaban J connectivity index is 1.50. The van der Waals surface area contributed by atoms with Crippen molar-refractivity contribution in [2.75, 3.05) is 24.2 Å². The molecule has 1 aromatic carbocycles. The van der Waals surface area contributed by atoms with Crippen LogP contribution in [0.2, 0.25) is 0 Å². The van der Waals surface area contributed by atoms with Crippen LogP contribution >= 0.6 is 11.8 Å². The fraction of sp³-hybridized carbons (Fsp3) is 0.375. The van der Waals surface area contributed by atoms with Gasteiger partial charge in [0.2, 0.25) is 0 Å². The fourth-order valence-electron chi connectivity index (χ4n) is 3.37. The molecule has 0 atom stereocenters. The van der Waals surface area contributed by atoms with Crippen LogP contribution in [0, 0.1) is 5.92 Å². The van der Waals surface area contributed by atoms with E-state index in [0.29, 0.717) is 40.8 Å². The van der Waals surface area contributed by atoms with Crippen LogP contribution in [0.25, 0.3) is 22.0 Å². The van der Waals surface area contributed by atoms with Gasteiger partial charge in [0.05, 0.1) is 23.5 Å². The number of carbonyl (C=O) groups is 1. The van der Waals surface area contributed by atoms with E-state index in [0.717, 1.165) is 29.9 Å². The molecule has 3 heterocycles. The Hall–Kier alpha value is -3.40. The van der Waals surface area contributed by atoms with E-state index in [1.807, 2.05) is 0 Å². The molecule has 1 amide bonds. The molecule has 0 saturated carbocycles. The summed E-state index contributed by atoms with van der Waals surface area (Å²) in [5.41, 5.74) is 0.847. The number of para-hydroxylation sites is 1. The Bertz CT molecular complexity index is 1360. The molecular weight excluding hydrogens is 452 g/mol. The lowest BCUT2D eigenvalue weighted by Gasteiger charge is -2.11. The third-order valence-corrected chi connectivity index (χ3v) is 6.11. The Morgan fingerprint density at radius 2 is 2.03 bits per heavy atom. The molecule has 2 N–H and O–H groups in total. The van der Waals surface area contributed by atoms with E-state index < -0.39 is 5.91 Å². The number of rotatable bonds is 10. The summed E-state index contributed by atoms with van der Waals surface area (Å²) in [5.74, 6) is 1.70. The van der Waals surface area contributed by atoms with Crippen molar-refractivity contribution in [3.63, 3.8) is 0 Å². The zero-order valence-corrected chi connectivity index (χ0v) is 20.3. The summed E-state index contributed by atoms with van der Waals surface area (Å²) in [6, 6.07) is 8.08. The number of thioether (sulfide) groups is 1. The summed E-state index contributed by atoms with van der Waals surface area (Å²) in [5, 5.41) is 12.7. The number of hydrogen-bond acceptors (Lipinski definition) is 8. The maximum absolute atomic E-state index is 12.6. The van der Waals surface area contributed by atoms with Crippen LogP contribution in [0.1, 0.15) is 37.7 Å². The van der Waals surface area contributed by atoms with Crippen molar-refractivity contribution in [2.24, 2.45) is 5.92 Å². The molecular formula is C24H28N6O3S. The predicted octanol–water partition coefficient (Wildman–Crippen LogP) is 3.93. The molecule has 0 spiro atoms. The SMILES string of the molecule is CCCSc1nc(NCC(C)C)c2cnn(CCNC(=O)c3cc(=O)c4ccccc4o3)c2n1. The molecule has 178 valence electrons. The first kappa shape index (κ1) is 23.7. The van der Waals surface area contributed by atoms with E-state index in [9.17, 15) is 9.59 Å². The van der Waals surface area contributed by atoms with E-state index in [-0.39, 0.29) is 11.2 Å². The van der Waals surface area contributed by atoms with Crippen molar-refractivity contribution in [1.82, 2.24) is 25.1 Å². The van der Waals surface area contributed by atoms with E-state index in [4.69, 9.17) is 9.40 Å². The highest BCUT2D eigenvalue weighted by molar-refractivity contribution is 7.99. The van der Waals surface area contributed by atoms with Gasteiger partial charge in [-0.05, 0) is 24.5 Å². The molecule has 4 aromatic rings. The summed E-state index contributed by atoms with van der Waals surface area (Å²) in [6.07, 6.45) is 2.77. The maximum atomic E-state index is 12.6. The predicted molar refractivity (Wildman–Crippen MR) is 134 cm³/mol. The van der Waals surface area contributed by atoms with Crippen molar-refractivity contribution in [1.29, 1.82) is 0 Å². The van der Waals surface area contributed by atoms with Gasteiger partial charge in [0, 0.05) is 24.9 Å². The first-order valence-corrected chi connectivity index (χ1v) is 12.4. The molecule has 4 rings (SSSR count). The van der Waals surface area contributed by atoms with Crippen LogP contribution in [-0.4, -0.2) is 44.5 Å². The van der Waals surface area contributed by atoms with Crippen LogP contribution in [0.5, 0.6) is 0 Å². The second-order valence-electron chi connectivity index (χ2n) is 8.31. The molecule has 3 aromatic heterocycles. The number of carbonyl (C=O) groups excluding carboxylic acids is 1. The molecule has 0 aliphatic rings. The van der Waals surface area contributed by atoms with Crippen LogP contribution in [0.15, 0.2) is 50.9 Å². The monoisotopic (exact) mass is 480 g/mol. The van der Waals surface area contributed by atoms with Gasteiger partial charge in [-0.2, -0.15) is 5.10 Å². The molecule has 0 aliphatic heterocycles. The summed E-state index contributed by atoms with van der Waals surface area (Å²) in [7, 11) is 0. The summed E-state index contributed by atoms with van der Waals surface area (Å²) in [6.45, 7) is 7.90. The molecule has 0 aliphatic carbocycles. The zero-order chi connectivity index (χ0) is 24.1. The van der Waals surface area contributed by atoms with Crippen molar-refractivity contribution >= 4 is 45.5 Å². The van der Waals surface area contributed by atoms with Crippen LogP contribution in [0.4, 0.5) is 5.82 Å². The first-order chi connectivity index (χ1) is 16.5. The highest BCUT2D eigenvalue weighted by Gasteiger charge is 2.15. The zero-order valence-electron chi connectivity index (χ0n) is 19.5. The highest BCUT2D eigenvalue weighted by atomic mass is 32.2. The summed E-state index contributed by atoms with van der Waals surface area (Å²) < 4.78 is 7.37. The number of fused-ring (bicyclic) bond motifs is 2. The third-order valence-electron chi connectivity index (χ3n) is 5.06. The number of nitrogens with one attached hydrogen (secondary N) is 2. The van der Waals surface area contributed by atoms with Gasteiger partial charge in [-0.15, -0.1) is 0 Å². The highest BCUT2D eigenvalue weighted by Crippen LogP contribution is 2.25. The van der Waals surface area contributed by atoms with Gasteiger partial charge in [-0.3, -0.25) is 9.59 Å². The minimum absolute atomic E-state index is 0.0187. The lowest BCUT2D eigenvalue weighted by Crippen LogP contribution is -2.28. The first-order valence-electron chi connectivity index (χ1n) is 11.4. The Labute approximate surface area is 201 Å². The average Bonchev–Trinajstić information content (AvgIpc) is 3.24.